The van der Waals surface area contributed by atoms with E-state index in [0.717, 1.165) is 16.9 Å². The number of thioether (sulfide) groups is 1. The molecule has 0 aliphatic carbocycles. The number of rotatable bonds is 4. The first-order chi connectivity index (χ1) is 11.6. The predicted octanol–water partition coefficient (Wildman–Crippen LogP) is 3.24. The van der Waals surface area contributed by atoms with E-state index in [1.54, 1.807) is 0 Å². The number of hydrogen-bond donors (Lipinski definition) is 2. The minimum absolute atomic E-state index is 0.110. The number of nitrogens with zero attached hydrogens (tertiary/aromatic N) is 1. The normalized spacial score (nSPS) is 18.5. The quantitative estimate of drug-likeness (QED) is 0.898. The van der Waals surface area contributed by atoms with Crippen LogP contribution in [0.25, 0.3) is 0 Å². The molecule has 0 saturated carbocycles. The Morgan fingerprint density at radius 1 is 1.17 bits per heavy atom. The molecule has 0 aromatic heterocycles. The fourth-order valence-electron chi connectivity index (χ4n) is 2.29. The molecule has 1 fully saturated rings. The van der Waals surface area contributed by atoms with E-state index < -0.39 is 5.25 Å². The van der Waals surface area contributed by atoms with Crippen molar-refractivity contribution in [2.45, 2.75) is 18.6 Å². The van der Waals surface area contributed by atoms with Gasteiger partial charge in [-0.25, -0.2) is 4.99 Å². The molecular formula is C18H17N3O2S. The summed E-state index contributed by atoms with van der Waals surface area (Å²) in [5.74, 6) is -0.368. The molecule has 0 spiro atoms. The van der Waals surface area contributed by atoms with Crippen molar-refractivity contribution in [3.05, 3.63) is 60.2 Å². The number of para-hydroxylation sites is 2. The number of hydrogen-bond acceptors (Lipinski definition) is 4. The lowest BCUT2D eigenvalue weighted by Crippen LogP contribution is -2.28. The Labute approximate surface area is 144 Å². The summed E-state index contributed by atoms with van der Waals surface area (Å²) in [7, 11) is 0. The number of aryl methyl sites for hydroxylation is 1. The Hall–Kier alpha value is -2.60. The first kappa shape index (κ1) is 16.3. The minimum atomic E-state index is -0.462. The van der Waals surface area contributed by atoms with Crippen molar-refractivity contribution in [2.75, 3.05) is 5.32 Å². The number of carbonyl (C=O) groups is 2. The van der Waals surface area contributed by atoms with Gasteiger partial charge < -0.3 is 10.6 Å². The molecule has 6 heteroatoms. The van der Waals surface area contributed by atoms with E-state index in [9.17, 15) is 9.59 Å². The lowest BCUT2D eigenvalue weighted by atomic mass is 10.2. The molecule has 3 rings (SSSR count). The van der Waals surface area contributed by atoms with E-state index in [1.807, 2.05) is 61.5 Å². The number of aliphatic imine (C=N–C) groups is 1. The third kappa shape index (κ3) is 4.02. The Morgan fingerprint density at radius 3 is 2.62 bits per heavy atom. The summed E-state index contributed by atoms with van der Waals surface area (Å²) in [5, 5.41) is 5.64. The Morgan fingerprint density at radius 2 is 1.88 bits per heavy atom. The standard InChI is InChI=1S/C18H17N3O2S/c1-12-7-5-6-10-14(12)20-16(22)11-15-17(23)21-18(24-15)19-13-8-3-2-4-9-13/h2-10,15H,11H2,1H3,(H,20,22)(H,19,21,23). The summed E-state index contributed by atoms with van der Waals surface area (Å²) in [5.41, 5.74) is 2.52. The van der Waals surface area contributed by atoms with Crippen molar-refractivity contribution in [1.82, 2.24) is 5.32 Å². The zero-order chi connectivity index (χ0) is 16.9. The van der Waals surface area contributed by atoms with E-state index in [0.29, 0.717) is 5.17 Å². The van der Waals surface area contributed by atoms with Gasteiger partial charge in [0.25, 0.3) is 0 Å². The highest BCUT2D eigenvalue weighted by atomic mass is 32.2. The van der Waals surface area contributed by atoms with E-state index >= 15 is 0 Å². The molecular weight excluding hydrogens is 322 g/mol. The molecule has 1 atom stereocenters. The lowest BCUT2D eigenvalue weighted by molar-refractivity contribution is -0.122. The number of carbonyl (C=O) groups excluding carboxylic acids is 2. The van der Waals surface area contributed by atoms with Gasteiger partial charge >= 0.3 is 0 Å². The van der Waals surface area contributed by atoms with Crippen LogP contribution < -0.4 is 10.6 Å². The molecule has 1 unspecified atom stereocenters. The van der Waals surface area contributed by atoms with Crippen LogP contribution in [0.15, 0.2) is 59.6 Å². The highest BCUT2D eigenvalue weighted by molar-refractivity contribution is 8.15. The largest absolute Gasteiger partial charge is 0.326 e. The molecule has 1 aliphatic heterocycles. The molecule has 122 valence electrons. The van der Waals surface area contributed by atoms with Gasteiger partial charge in [0.1, 0.15) is 5.25 Å². The van der Waals surface area contributed by atoms with Crippen LogP contribution in [0.4, 0.5) is 11.4 Å². The van der Waals surface area contributed by atoms with Crippen molar-refractivity contribution < 1.29 is 9.59 Å². The molecule has 2 aromatic carbocycles. The van der Waals surface area contributed by atoms with Gasteiger partial charge in [0.05, 0.1) is 5.69 Å². The Bertz CT molecular complexity index is 790. The van der Waals surface area contributed by atoms with Crippen LogP contribution >= 0.6 is 11.8 Å². The van der Waals surface area contributed by atoms with Crippen LogP contribution in [0.1, 0.15) is 12.0 Å². The lowest BCUT2D eigenvalue weighted by Gasteiger charge is -2.09. The van der Waals surface area contributed by atoms with E-state index in [1.165, 1.54) is 11.8 Å². The summed E-state index contributed by atoms with van der Waals surface area (Å²) in [6.45, 7) is 1.93. The molecule has 0 bridgehead atoms. The van der Waals surface area contributed by atoms with Crippen molar-refractivity contribution in [1.29, 1.82) is 0 Å². The third-order valence-electron chi connectivity index (χ3n) is 3.55. The van der Waals surface area contributed by atoms with Crippen molar-refractivity contribution in [3.63, 3.8) is 0 Å². The van der Waals surface area contributed by atoms with Gasteiger partial charge in [0.15, 0.2) is 5.17 Å². The smallest absolute Gasteiger partial charge is 0.240 e. The van der Waals surface area contributed by atoms with Gasteiger partial charge in [0, 0.05) is 12.1 Å². The zero-order valence-corrected chi connectivity index (χ0v) is 14.0. The molecule has 1 aliphatic rings. The summed E-state index contributed by atoms with van der Waals surface area (Å²) in [6.07, 6.45) is 0.110. The maximum absolute atomic E-state index is 12.2. The average Bonchev–Trinajstić information content (AvgIpc) is 2.90. The minimum Gasteiger partial charge on any atom is -0.326 e. The highest BCUT2D eigenvalue weighted by Crippen LogP contribution is 2.25. The molecule has 1 saturated heterocycles. The van der Waals surface area contributed by atoms with Gasteiger partial charge in [-0.1, -0.05) is 48.2 Å². The van der Waals surface area contributed by atoms with Crippen LogP contribution in [-0.2, 0) is 9.59 Å². The summed E-state index contributed by atoms with van der Waals surface area (Å²) in [4.78, 5) is 28.6. The summed E-state index contributed by atoms with van der Waals surface area (Å²) in [6, 6.07) is 16.9. The number of benzene rings is 2. The fourth-order valence-corrected chi connectivity index (χ4v) is 3.28. The second-order valence-electron chi connectivity index (χ2n) is 5.42. The fraction of sp³-hybridized carbons (Fsp3) is 0.167. The molecule has 2 aromatic rings. The SMILES string of the molecule is Cc1ccccc1NC(=O)CC1SC(=Nc2ccccc2)NC1=O. The predicted molar refractivity (Wildman–Crippen MR) is 97.5 cm³/mol. The van der Waals surface area contributed by atoms with Crippen molar-refractivity contribution in [3.8, 4) is 0 Å². The van der Waals surface area contributed by atoms with E-state index in [4.69, 9.17) is 0 Å². The van der Waals surface area contributed by atoms with Gasteiger partial charge in [-0.2, -0.15) is 0 Å². The molecule has 2 N–H and O–H groups in total. The zero-order valence-electron chi connectivity index (χ0n) is 13.2. The monoisotopic (exact) mass is 339 g/mol. The molecule has 1 heterocycles. The third-order valence-corrected chi connectivity index (χ3v) is 4.64. The second kappa shape index (κ2) is 7.31. The van der Waals surface area contributed by atoms with Crippen LogP contribution in [0, 0.1) is 6.92 Å². The molecule has 0 radical (unpaired) electrons. The molecule has 5 nitrogen and oxygen atoms in total. The highest BCUT2D eigenvalue weighted by Gasteiger charge is 2.32. The number of amides is 2. The summed E-state index contributed by atoms with van der Waals surface area (Å²) < 4.78 is 0. The van der Waals surface area contributed by atoms with Gasteiger partial charge in [-0.15, -0.1) is 0 Å². The van der Waals surface area contributed by atoms with Gasteiger partial charge in [0.2, 0.25) is 11.8 Å². The first-order valence-electron chi connectivity index (χ1n) is 7.58. The Balaban J connectivity index is 1.62. The molecule has 24 heavy (non-hydrogen) atoms. The molecule has 2 amide bonds. The topological polar surface area (TPSA) is 70.6 Å². The van der Waals surface area contributed by atoms with Crippen LogP contribution in [-0.4, -0.2) is 22.2 Å². The first-order valence-corrected chi connectivity index (χ1v) is 8.46. The van der Waals surface area contributed by atoms with Crippen LogP contribution in [0.3, 0.4) is 0 Å². The number of anilines is 1. The van der Waals surface area contributed by atoms with Crippen LogP contribution in [0.5, 0.6) is 0 Å². The van der Waals surface area contributed by atoms with E-state index in [-0.39, 0.29) is 18.2 Å². The summed E-state index contributed by atoms with van der Waals surface area (Å²) >= 11 is 1.29. The van der Waals surface area contributed by atoms with Gasteiger partial charge in [-0.3, -0.25) is 9.59 Å². The van der Waals surface area contributed by atoms with Crippen molar-refractivity contribution in [2.24, 2.45) is 4.99 Å². The van der Waals surface area contributed by atoms with E-state index in [2.05, 4.69) is 15.6 Å². The number of amidine groups is 1. The van der Waals surface area contributed by atoms with Crippen molar-refractivity contribution >= 4 is 40.1 Å². The number of nitrogens with one attached hydrogen (secondary N) is 2. The van der Waals surface area contributed by atoms with Crippen LogP contribution in [0.2, 0.25) is 0 Å². The Kier molecular flexibility index (Phi) is 4.96. The maximum atomic E-state index is 12.2. The second-order valence-corrected chi connectivity index (χ2v) is 6.61. The average molecular weight is 339 g/mol. The van der Waals surface area contributed by atoms with Gasteiger partial charge in [-0.05, 0) is 30.7 Å². The maximum Gasteiger partial charge on any atom is 0.240 e.